The number of fused-ring (bicyclic) bond motifs is 1. The first-order valence-corrected chi connectivity index (χ1v) is 4.80. The summed E-state index contributed by atoms with van der Waals surface area (Å²) in [5.74, 6) is 0. The zero-order chi connectivity index (χ0) is 6.97. The summed E-state index contributed by atoms with van der Waals surface area (Å²) in [4.78, 5) is 5.80. The molecule has 0 radical (unpaired) electrons. The Hall–Kier alpha value is -0.0200. The number of aromatic nitrogens is 1. The van der Waals surface area contributed by atoms with Crippen LogP contribution >= 0.6 is 24.0 Å². The van der Waals surface area contributed by atoms with Crippen molar-refractivity contribution >= 4 is 24.0 Å². The molecule has 54 valence electrons. The fourth-order valence-electron chi connectivity index (χ4n) is 1.34. The van der Waals surface area contributed by atoms with E-state index in [1.807, 2.05) is 0 Å². The van der Waals surface area contributed by atoms with E-state index in [0.717, 1.165) is 4.34 Å². The van der Waals surface area contributed by atoms with E-state index in [4.69, 9.17) is 0 Å². The van der Waals surface area contributed by atoms with Gasteiger partial charge in [-0.3, -0.25) is 0 Å². The fourth-order valence-corrected chi connectivity index (χ4v) is 2.68. The Bertz CT molecular complexity index is 218. The van der Waals surface area contributed by atoms with E-state index in [1.54, 1.807) is 11.3 Å². The lowest BCUT2D eigenvalue weighted by molar-refractivity contribution is 0.680. The standard InChI is InChI=1S/C7H9NS2/c9-7-8-5-3-1-2-4-6(5)10-7/h1-4H2,(H,8,9). The molecule has 0 saturated carbocycles. The molecule has 0 atom stereocenters. The molecule has 0 saturated heterocycles. The van der Waals surface area contributed by atoms with Gasteiger partial charge in [0.05, 0.1) is 5.69 Å². The monoisotopic (exact) mass is 171 g/mol. The highest BCUT2D eigenvalue weighted by molar-refractivity contribution is 7.82. The van der Waals surface area contributed by atoms with Gasteiger partial charge in [-0.25, -0.2) is 4.98 Å². The molecular weight excluding hydrogens is 162 g/mol. The molecule has 1 aromatic heterocycles. The topological polar surface area (TPSA) is 12.9 Å². The minimum Gasteiger partial charge on any atom is -0.235 e. The molecular formula is C7H9NS2. The van der Waals surface area contributed by atoms with Gasteiger partial charge < -0.3 is 0 Å². The average Bonchev–Trinajstić information content (AvgIpc) is 2.27. The first-order chi connectivity index (χ1) is 4.86. The summed E-state index contributed by atoms with van der Waals surface area (Å²) in [6.45, 7) is 0. The highest BCUT2D eigenvalue weighted by Crippen LogP contribution is 2.27. The van der Waals surface area contributed by atoms with Crippen LogP contribution in [-0.4, -0.2) is 4.98 Å². The van der Waals surface area contributed by atoms with Crippen LogP contribution in [0.3, 0.4) is 0 Å². The molecule has 0 aromatic carbocycles. The van der Waals surface area contributed by atoms with Crippen LogP contribution in [0, 0.1) is 0 Å². The second-order valence-electron chi connectivity index (χ2n) is 2.57. The SMILES string of the molecule is Sc1nc2c(s1)CCCC2. The molecule has 1 aromatic rings. The predicted octanol–water partition coefficient (Wildman–Crippen LogP) is 2.31. The van der Waals surface area contributed by atoms with Gasteiger partial charge in [0.1, 0.15) is 4.34 Å². The summed E-state index contributed by atoms with van der Waals surface area (Å²) >= 11 is 5.96. The van der Waals surface area contributed by atoms with Crippen LogP contribution in [0.1, 0.15) is 23.4 Å². The zero-order valence-electron chi connectivity index (χ0n) is 5.63. The van der Waals surface area contributed by atoms with Gasteiger partial charge in [0.25, 0.3) is 0 Å². The quantitative estimate of drug-likeness (QED) is 0.591. The highest BCUT2D eigenvalue weighted by atomic mass is 32.2. The molecule has 0 bridgehead atoms. The van der Waals surface area contributed by atoms with Crippen LogP contribution in [-0.2, 0) is 12.8 Å². The van der Waals surface area contributed by atoms with Crippen LogP contribution < -0.4 is 0 Å². The van der Waals surface area contributed by atoms with E-state index >= 15 is 0 Å². The van der Waals surface area contributed by atoms with Crippen molar-refractivity contribution in [3.8, 4) is 0 Å². The van der Waals surface area contributed by atoms with Gasteiger partial charge in [0, 0.05) is 4.88 Å². The maximum atomic E-state index is 4.33. The number of hydrogen-bond acceptors (Lipinski definition) is 3. The third-order valence-corrected chi connectivity index (χ3v) is 3.17. The van der Waals surface area contributed by atoms with Gasteiger partial charge in [0.2, 0.25) is 0 Å². The van der Waals surface area contributed by atoms with Crippen LogP contribution in [0.15, 0.2) is 4.34 Å². The van der Waals surface area contributed by atoms with Crippen molar-refractivity contribution in [2.24, 2.45) is 0 Å². The fraction of sp³-hybridized carbons (Fsp3) is 0.571. The number of nitrogens with zero attached hydrogens (tertiary/aromatic N) is 1. The molecule has 1 aliphatic rings. The van der Waals surface area contributed by atoms with Gasteiger partial charge in [-0.15, -0.1) is 24.0 Å². The normalized spacial score (nSPS) is 16.9. The maximum absolute atomic E-state index is 4.33. The number of thiazole rings is 1. The van der Waals surface area contributed by atoms with Crippen LogP contribution in [0.4, 0.5) is 0 Å². The van der Waals surface area contributed by atoms with E-state index in [-0.39, 0.29) is 0 Å². The van der Waals surface area contributed by atoms with E-state index in [0.29, 0.717) is 0 Å². The molecule has 1 nitrogen and oxygen atoms in total. The van der Waals surface area contributed by atoms with Crippen molar-refractivity contribution in [2.45, 2.75) is 30.0 Å². The molecule has 1 heterocycles. The average molecular weight is 171 g/mol. The Morgan fingerprint density at radius 1 is 1.30 bits per heavy atom. The first kappa shape index (κ1) is 6.68. The Kier molecular flexibility index (Phi) is 1.70. The zero-order valence-corrected chi connectivity index (χ0v) is 7.34. The van der Waals surface area contributed by atoms with Gasteiger partial charge in [-0.05, 0) is 25.7 Å². The second kappa shape index (κ2) is 2.55. The van der Waals surface area contributed by atoms with Crippen LogP contribution in [0.5, 0.6) is 0 Å². The summed E-state index contributed by atoms with van der Waals surface area (Å²) in [6.07, 6.45) is 5.05. The van der Waals surface area contributed by atoms with E-state index < -0.39 is 0 Å². The lowest BCUT2D eigenvalue weighted by Crippen LogP contribution is -1.98. The summed E-state index contributed by atoms with van der Waals surface area (Å²) in [7, 11) is 0. The number of rotatable bonds is 0. The smallest absolute Gasteiger partial charge is 0.147 e. The molecule has 0 N–H and O–H groups in total. The largest absolute Gasteiger partial charge is 0.235 e. The number of hydrogen-bond donors (Lipinski definition) is 1. The molecule has 0 unspecified atom stereocenters. The maximum Gasteiger partial charge on any atom is 0.147 e. The third kappa shape index (κ3) is 1.08. The molecule has 0 aliphatic heterocycles. The lowest BCUT2D eigenvalue weighted by atomic mass is 10.0. The van der Waals surface area contributed by atoms with Crippen molar-refractivity contribution in [2.75, 3.05) is 0 Å². The van der Waals surface area contributed by atoms with Gasteiger partial charge in [-0.1, -0.05) is 0 Å². The lowest BCUT2D eigenvalue weighted by Gasteiger charge is -2.06. The van der Waals surface area contributed by atoms with Crippen LogP contribution in [0.2, 0.25) is 0 Å². The van der Waals surface area contributed by atoms with E-state index in [2.05, 4.69) is 17.6 Å². The molecule has 0 spiro atoms. The van der Waals surface area contributed by atoms with Crippen LogP contribution in [0.25, 0.3) is 0 Å². The van der Waals surface area contributed by atoms with Crippen molar-refractivity contribution in [1.29, 1.82) is 0 Å². The summed E-state index contributed by atoms with van der Waals surface area (Å²) < 4.78 is 0.937. The Balaban J connectivity index is 2.41. The summed E-state index contributed by atoms with van der Waals surface area (Å²) in [5, 5.41) is 0. The minimum atomic E-state index is 0.937. The molecule has 10 heavy (non-hydrogen) atoms. The Labute approximate surface area is 69.9 Å². The minimum absolute atomic E-state index is 0.937. The van der Waals surface area contributed by atoms with Crippen molar-refractivity contribution in [1.82, 2.24) is 4.98 Å². The summed E-state index contributed by atoms with van der Waals surface area (Å²) in [5.41, 5.74) is 1.31. The molecule has 1 aliphatic carbocycles. The van der Waals surface area contributed by atoms with Crippen molar-refractivity contribution < 1.29 is 0 Å². The van der Waals surface area contributed by atoms with Gasteiger partial charge >= 0.3 is 0 Å². The highest BCUT2D eigenvalue weighted by Gasteiger charge is 2.12. The van der Waals surface area contributed by atoms with Crippen molar-refractivity contribution in [3.05, 3.63) is 10.6 Å². The van der Waals surface area contributed by atoms with Crippen molar-refractivity contribution in [3.63, 3.8) is 0 Å². The Morgan fingerprint density at radius 3 is 2.90 bits per heavy atom. The van der Waals surface area contributed by atoms with Gasteiger partial charge in [-0.2, -0.15) is 0 Å². The first-order valence-electron chi connectivity index (χ1n) is 3.54. The molecule has 2 rings (SSSR count). The molecule has 3 heteroatoms. The Morgan fingerprint density at radius 2 is 2.10 bits per heavy atom. The summed E-state index contributed by atoms with van der Waals surface area (Å²) in [6, 6.07) is 0. The number of aryl methyl sites for hydroxylation is 2. The van der Waals surface area contributed by atoms with Gasteiger partial charge in [0.15, 0.2) is 0 Å². The molecule has 0 amide bonds. The van der Waals surface area contributed by atoms with E-state index in [1.165, 1.54) is 36.3 Å². The second-order valence-corrected chi connectivity index (χ2v) is 4.38. The predicted molar refractivity (Wildman–Crippen MR) is 46.0 cm³/mol. The van der Waals surface area contributed by atoms with E-state index in [9.17, 15) is 0 Å². The third-order valence-electron chi connectivity index (χ3n) is 1.83. The molecule has 0 fully saturated rings. The number of thiol groups is 1.